The summed E-state index contributed by atoms with van der Waals surface area (Å²) >= 11 is 6.50. The van der Waals surface area contributed by atoms with Crippen LogP contribution in [-0.2, 0) is 32.5 Å². The van der Waals surface area contributed by atoms with Crippen molar-refractivity contribution in [3.8, 4) is 0 Å². The normalized spacial score (nSPS) is 12.3. The molecule has 3 heterocycles. The molecule has 15 nitrogen and oxygen atoms in total. The van der Waals surface area contributed by atoms with Crippen LogP contribution in [0.4, 0.5) is 0 Å². The Morgan fingerprint density at radius 3 is 1.10 bits per heavy atom. The molecule has 16 heteroatoms. The number of imidazole rings is 3. The maximum Gasteiger partial charge on any atom is 0.254 e. The monoisotopic (exact) mass is 1470 g/mol. The van der Waals surface area contributed by atoms with Crippen molar-refractivity contribution in [3.63, 3.8) is 0 Å². The summed E-state index contributed by atoms with van der Waals surface area (Å²) in [6, 6.07) is 71.0. The van der Waals surface area contributed by atoms with Gasteiger partial charge in [0.1, 0.15) is 17.5 Å². The van der Waals surface area contributed by atoms with E-state index < -0.39 is 0 Å². The Kier molecular flexibility index (Phi) is 28.5. The predicted octanol–water partition coefficient (Wildman–Crippen LogP) is 18.8. The Hall–Kier alpha value is -10.0. The first-order valence-electron chi connectivity index (χ1n) is 38.7. The van der Waals surface area contributed by atoms with Crippen LogP contribution in [0.1, 0.15) is 191 Å². The molecule has 0 aliphatic rings. The molecule has 3 aromatic heterocycles. The summed E-state index contributed by atoms with van der Waals surface area (Å²) in [7, 11) is 0. The summed E-state index contributed by atoms with van der Waals surface area (Å²) in [4.78, 5) is 63.3. The van der Waals surface area contributed by atoms with E-state index in [1.54, 1.807) is 0 Å². The minimum atomic E-state index is -0.236. The zero-order chi connectivity index (χ0) is 77.1. The molecule has 12 rings (SSSR count). The second-order valence-electron chi connectivity index (χ2n) is 29.6. The Bertz CT molecular complexity index is 4890. The number of carbonyl (C=O) groups excluding carboxylic acids is 3. The third kappa shape index (κ3) is 19.3. The number of hydrogen-bond donors (Lipinski definition) is 3. The van der Waals surface area contributed by atoms with Gasteiger partial charge in [-0.3, -0.25) is 14.4 Å². The maximum atomic E-state index is 13.9. The first kappa shape index (κ1) is 80.5. The molecular formula is C92H111ClN12O3. The molecule has 0 fully saturated rings. The smallest absolute Gasteiger partial charge is 0.254 e. The molecule has 0 radical (unpaired) electrons. The van der Waals surface area contributed by atoms with Crippen LogP contribution < -0.4 is 17.2 Å². The number of nitrogens with two attached hydrogens (primary N) is 3. The number of carbonyl (C=O) groups is 3. The minimum Gasteiger partial charge on any atom is -0.330 e. The first-order chi connectivity index (χ1) is 52.2. The van der Waals surface area contributed by atoms with Gasteiger partial charge in [0, 0.05) is 61.0 Å². The van der Waals surface area contributed by atoms with Crippen LogP contribution in [0.3, 0.4) is 0 Å². The summed E-state index contributed by atoms with van der Waals surface area (Å²) in [5, 5.41) is 0.690. The summed E-state index contributed by atoms with van der Waals surface area (Å²) < 4.78 is 6.86. The number of halogens is 1. The molecular weight excluding hydrogens is 1360 g/mol. The van der Waals surface area contributed by atoms with Crippen LogP contribution >= 0.6 is 11.6 Å². The van der Waals surface area contributed by atoms with Gasteiger partial charge in [-0.05, 0) is 197 Å². The molecule has 0 spiro atoms. The van der Waals surface area contributed by atoms with Gasteiger partial charge in [-0.25, -0.2) is 15.0 Å². The minimum absolute atomic E-state index is 0.00442. The molecule has 0 saturated heterocycles. The van der Waals surface area contributed by atoms with Crippen molar-refractivity contribution in [1.29, 1.82) is 0 Å². The largest absolute Gasteiger partial charge is 0.330 e. The lowest BCUT2D eigenvalue weighted by atomic mass is 9.99. The summed E-state index contributed by atoms with van der Waals surface area (Å²) in [6.07, 6.45) is 4.05. The van der Waals surface area contributed by atoms with E-state index in [4.69, 9.17) is 43.8 Å². The number of hydrogen-bond acceptors (Lipinski definition) is 9. The van der Waals surface area contributed by atoms with E-state index in [2.05, 4.69) is 166 Å². The molecule has 108 heavy (non-hydrogen) atoms. The number of rotatable bonds is 29. The molecule has 0 aliphatic carbocycles. The maximum absolute atomic E-state index is 13.9. The van der Waals surface area contributed by atoms with Crippen molar-refractivity contribution in [2.75, 3.05) is 39.3 Å². The molecule has 6 N–H and O–H groups in total. The molecule has 12 aromatic rings. The Balaban J connectivity index is 0.000000173. The number of aromatic nitrogens is 6. The van der Waals surface area contributed by atoms with Crippen LogP contribution in [0.25, 0.3) is 33.1 Å². The van der Waals surface area contributed by atoms with E-state index in [-0.39, 0.29) is 53.6 Å². The second-order valence-corrected chi connectivity index (χ2v) is 30.0. The SMILES string of the molecule is CCc1ccc2c(c1)nc([C@@H](C(C)C)N(CCCN)C(=O)c1ccc(C)cc1)n2Cc1ccccc1.CCc1cccc2c1nc([C@@H](C(C)C)N(CCCN)C(=O)c1ccc(C)cc1)n2Cc1ccccc1.Cc1ccc(C(=O)N(CCCN)[C@@H](c2nc3c(C)c(Cl)ccc3n2Cc2ccccc2)C(C)C)cc1. The molecule has 0 bridgehead atoms. The molecule has 0 unspecified atom stereocenters. The fourth-order valence-corrected chi connectivity index (χ4v) is 14.7. The van der Waals surface area contributed by atoms with E-state index in [9.17, 15) is 14.4 Å². The van der Waals surface area contributed by atoms with E-state index in [0.29, 0.717) is 87.0 Å². The van der Waals surface area contributed by atoms with Crippen molar-refractivity contribution in [1.82, 2.24) is 43.4 Å². The quantitative estimate of drug-likeness (QED) is 0.0409. The standard InChI is InChI=1S/2C31H38N4O.C30H35ClN4O/c1-5-25-13-9-14-27-28(25)33-30(35(27)21-24-11-7-6-8-12-24)29(22(2)3)34(20-10-19-32)31(36)26-17-15-23(4)16-18-26;1-5-24-14-17-28-27(20-24)33-30(35(28)21-25-10-7-6-8-11-25)29(22(2)3)34(19-9-18-32)31(36)26-15-12-23(4)13-16-26;1-20(2)28(34(18-8-17-32)30(36)24-13-11-21(3)12-14-24)29-33-27-22(4)25(31)15-16-26(27)35(29)19-23-9-6-5-7-10-23/h6-9,11-18,22,29H,5,10,19-21,32H2,1-4H3;6-8,10-17,20,22,29H,5,9,18-19,21,32H2,1-4H3;5-7,9-16,20,28H,8,17-19,32H2,1-4H3/t2*29-;28-/m111/s1. The van der Waals surface area contributed by atoms with E-state index in [0.717, 1.165) is 98.5 Å². The predicted molar refractivity (Wildman–Crippen MR) is 445 cm³/mol. The highest BCUT2D eigenvalue weighted by molar-refractivity contribution is 6.32. The van der Waals surface area contributed by atoms with Gasteiger partial charge in [-0.2, -0.15) is 0 Å². The lowest BCUT2D eigenvalue weighted by Crippen LogP contribution is -2.40. The summed E-state index contributed by atoms with van der Waals surface area (Å²) in [5.74, 6) is 3.21. The Morgan fingerprint density at radius 2 is 0.741 bits per heavy atom. The topological polar surface area (TPSA) is 192 Å². The number of para-hydroxylation sites is 1. The van der Waals surface area contributed by atoms with Crippen molar-refractivity contribution in [2.24, 2.45) is 35.0 Å². The zero-order valence-electron chi connectivity index (χ0n) is 65.4. The molecule has 564 valence electrons. The molecule has 3 amide bonds. The van der Waals surface area contributed by atoms with Gasteiger partial charge >= 0.3 is 0 Å². The fraction of sp³-hybridized carbons (Fsp3) is 0.348. The highest BCUT2D eigenvalue weighted by Crippen LogP contribution is 2.39. The number of fused-ring (bicyclic) bond motifs is 3. The van der Waals surface area contributed by atoms with Crippen LogP contribution in [0.15, 0.2) is 212 Å². The zero-order valence-corrected chi connectivity index (χ0v) is 66.2. The number of nitrogens with zero attached hydrogens (tertiary/aromatic N) is 9. The lowest BCUT2D eigenvalue weighted by Gasteiger charge is -2.34. The van der Waals surface area contributed by atoms with Gasteiger partial charge in [0.15, 0.2) is 0 Å². The van der Waals surface area contributed by atoms with Crippen molar-refractivity contribution in [2.45, 2.75) is 153 Å². The average Bonchev–Trinajstić information content (AvgIpc) is 1.63. The van der Waals surface area contributed by atoms with Crippen molar-refractivity contribution < 1.29 is 14.4 Å². The van der Waals surface area contributed by atoms with Crippen LogP contribution in [0, 0.1) is 45.4 Å². The van der Waals surface area contributed by atoms with Crippen molar-refractivity contribution >= 4 is 62.4 Å². The van der Waals surface area contributed by atoms with E-state index >= 15 is 0 Å². The van der Waals surface area contributed by atoms with Crippen LogP contribution in [-0.4, -0.2) is 100 Å². The number of amides is 3. The fourth-order valence-electron chi connectivity index (χ4n) is 14.6. The van der Waals surface area contributed by atoms with Gasteiger partial charge in [-0.1, -0.05) is 229 Å². The van der Waals surface area contributed by atoms with Gasteiger partial charge < -0.3 is 45.6 Å². The van der Waals surface area contributed by atoms with Crippen LogP contribution in [0.5, 0.6) is 0 Å². The molecule has 0 aliphatic heterocycles. The third-order valence-electron chi connectivity index (χ3n) is 20.4. The summed E-state index contributed by atoms with van der Waals surface area (Å²) in [6.45, 7) is 30.8. The highest BCUT2D eigenvalue weighted by Gasteiger charge is 2.37. The highest BCUT2D eigenvalue weighted by atomic mass is 35.5. The second kappa shape index (κ2) is 38.2. The summed E-state index contributed by atoms with van der Waals surface area (Å²) in [5.41, 5.74) is 36.3. The van der Waals surface area contributed by atoms with Crippen molar-refractivity contribution in [3.05, 3.63) is 302 Å². The number of aryl methyl sites for hydroxylation is 6. The number of benzene rings is 9. The van der Waals surface area contributed by atoms with Gasteiger partial charge in [-0.15, -0.1) is 0 Å². The average molecular weight is 1470 g/mol. The van der Waals surface area contributed by atoms with Gasteiger partial charge in [0.2, 0.25) is 0 Å². The third-order valence-corrected chi connectivity index (χ3v) is 20.8. The Labute approximate surface area is 645 Å². The molecule has 3 atom stereocenters. The Morgan fingerprint density at radius 1 is 0.389 bits per heavy atom. The van der Waals surface area contributed by atoms with Gasteiger partial charge in [0.25, 0.3) is 17.7 Å². The van der Waals surface area contributed by atoms with Gasteiger partial charge in [0.05, 0.1) is 51.2 Å². The lowest BCUT2D eigenvalue weighted by molar-refractivity contribution is 0.0599. The molecule has 0 saturated carbocycles. The van der Waals surface area contributed by atoms with E-state index in [1.807, 2.05) is 158 Å². The first-order valence-corrected chi connectivity index (χ1v) is 39.0. The van der Waals surface area contributed by atoms with E-state index in [1.165, 1.54) is 27.8 Å². The molecule has 9 aromatic carbocycles. The van der Waals surface area contributed by atoms with Crippen LogP contribution in [0.2, 0.25) is 5.02 Å².